The molecule has 0 aliphatic carbocycles. The van der Waals surface area contributed by atoms with Crippen LogP contribution in [0, 0.1) is 5.92 Å². The SMILES string of the molecule is CCn1c(SCC(=O)Nc2ccc(Cl)cc2)nnc1[C@H](NC(=O)c1ccc(Cl)c(Cl)c1)C(C)C. The van der Waals surface area contributed by atoms with Crippen molar-refractivity contribution in [2.24, 2.45) is 5.92 Å². The molecule has 2 N–H and O–H groups in total. The molecule has 0 aliphatic heterocycles. The Balaban J connectivity index is 1.71. The zero-order valence-corrected chi connectivity index (χ0v) is 21.9. The van der Waals surface area contributed by atoms with E-state index in [4.69, 9.17) is 34.8 Å². The van der Waals surface area contributed by atoms with Crippen LogP contribution < -0.4 is 10.6 Å². The summed E-state index contributed by atoms with van der Waals surface area (Å²) in [5.74, 6) is 0.342. The molecule has 3 rings (SSSR count). The summed E-state index contributed by atoms with van der Waals surface area (Å²) in [7, 11) is 0. The van der Waals surface area contributed by atoms with Crippen molar-refractivity contribution in [2.75, 3.05) is 11.1 Å². The van der Waals surface area contributed by atoms with Gasteiger partial charge in [-0.25, -0.2) is 0 Å². The summed E-state index contributed by atoms with van der Waals surface area (Å²) in [4.78, 5) is 25.2. The van der Waals surface area contributed by atoms with Gasteiger partial charge >= 0.3 is 0 Å². The molecular formula is C23H24Cl3N5O2S. The summed E-state index contributed by atoms with van der Waals surface area (Å²) < 4.78 is 1.90. The third-order valence-electron chi connectivity index (χ3n) is 4.94. The Morgan fingerprint density at radius 1 is 1.03 bits per heavy atom. The minimum Gasteiger partial charge on any atom is -0.342 e. The van der Waals surface area contributed by atoms with Gasteiger partial charge in [0.1, 0.15) is 0 Å². The van der Waals surface area contributed by atoms with E-state index in [0.717, 1.165) is 0 Å². The van der Waals surface area contributed by atoms with Gasteiger partial charge in [0.2, 0.25) is 5.91 Å². The van der Waals surface area contributed by atoms with Crippen molar-refractivity contribution < 1.29 is 9.59 Å². The fraction of sp³-hybridized carbons (Fsp3) is 0.304. The highest BCUT2D eigenvalue weighted by atomic mass is 35.5. The van der Waals surface area contributed by atoms with Crippen LogP contribution in [0.25, 0.3) is 0 Å². The van der Waals surface area contributed by atoms with Crippen LogP contribution in [0.15, 0.2) is 47.6 Å². The van der Waals surface area contributed by atoms with E-state index in [2.05, 4.69) is 20.8 Å². The largest absolute Gasteiger partial charge is 0.342 e. The van der Waals surface area contributed by atoms with Crippen LogP contribution in [0.5, 0.6) is 0 Å². The van der Waals surface area contributed by atoms with Gasteiger partial charge < -0.3 is 15.2 Å². The number of anilines is 1. The lowest BCUT2D eigenvalue weighted by Gasteiger charge is -2.22. The molecule has 34 heavy (non-hydrogen) atoms. The highest BCUT2D eigenvalue weighted by molar-refractivity contribution is 7.99. The number of carbonyl (C=O) groups excluding carboxylic acids is 2. The van der Waals surface area contributed by atoms with Gasteiger partial charge in [0.15, 0.2) is 11.0 Å². The van der Waals surface area contributed by atoms with Gasteiger partial charge in [-0.3, -0.25) is 9.59 Å². The molecule has 0 spiro atoms. The van der Waals surface area contributed by atoms with Crippen LogP contribution in [0.3, 0.4) is 0 Å². The van der Waals surface area contributed by atoms with Gasteiger partial charge in [0.05, 0.1) is 21.8 Å². The normalized spacial score (nSPS) is 12.0. The van der Waals surface area contributed by atoms with Crippen molar-refractivity contribution in [1.29, 1.82) is 0 Å². The highest BCUT2D eigenvalue weighted by Gasteiger charge is 2.26. The lowest BCUT2D eigenvalue weighted by Crippen LogP contribution is -2.33. The Kier molecular flexibility index (Phi) is 9.24. The maximum atomic E-state index is 12.9. The summed E-state index contributed by atoms with van der Waals surface area (Å²) in [6.45, 7) is 6.51. The zero-order chi connectivity index (χ0) is 24.8. The Morgan fingerprint density at radius 2 is 1.74 bits per heavy atom. The molecule has 3 aromatic rings. The molecule has 180 valence electrons. The van der Waals surface area contributed by atoms with E-state index < -0.39 is 6.04 Å². The Morgan fingerprint density at radius 3 is 2.35 bits per heavy atom. The third kappa shape index (κ3) is 6.66. The smallest absolute Gasteiger partial charge is 0.251 e. The molecule has 0 bridgehead atoms. The van der Waals surface area contributed by atoms with Gasteiger partial charge in [0, 0.05) is 22.8 Å². The van der Waals surface area contributed by atoms with Crippen LogP contribution in [-0.4, -0.2) is 32.3 Å². The number of rotatable bonds is 9. The second-order valence-corrected chi connectivity index (χ2v) is 9.95. The first-order valence-electron chi connectivity index (χ1n) is 10.6. The van der Waals surface area contributed by atoms with Crippen LogP contribution >= 0.6 is 46.6 Å². The topological polar surface area (TPSA) is 88.9 Å². The number of halogens is 3. The summed E-state index contributed by atoms with van der Waals surface area (Å²) in [6, 6.07) is 11.2. The molecule has 2 aromatic carbocycles. The van der Waals surface area contributed by atoms with E-state index in [1.165, 1.54) is 17.8 Å². The maximum Gasteiger partial charge on any atom is 0.251 e. The van der Waals surface area contributed by atoms with Gasteiger partial charge in [-0.2, -0.15) is 0 Å². The van der Waals surface area contributed by atoms with Gasteiger partial charge in [0.25, 0.3) is 5.91 Å². The number of amides is 2. The average Bonchev–Trinajstić information content (AvgIpc) is 3.21. The van der Waals surface area contributed by atoms with E-state index in [0.29, 0.717) is 43.8 Å². The minimum absolute atomic E-state index is 0.0345. The molecule has 1 heterocycles. The molecule has 0 saturated heterocycles. The fourth-order valence-corrected chi connectivity index (χ4v) is 4.42. The molecule has 0 fully saturated rings. The molecule has 2 amide bonds. The number of thioether (sulfide) groups is 1. The standard InChI is InChI=1S/C23H24Cl3N5O2S/c1-4-31-21(20(13(2)3)28-22(33)14-5-10-17(25)18(26)11-14)29-30-23(31)34-12-19(32)27-16-8-6-15(24)7-9-16/h5-11,13,20H,4,12H2,1-3H3,(H,27,32)(H,28,33)/t20-/m1/s1. The molecule has 1 aromatic heterocycles. The van der Waals surface area contributed by atoms with E-state index in [-0.39, 0.29) is 23.5 Å². The Bertz CT molecular complexity index is 1170. The van der Waals surface area contributed by atoms with Crippen molar-refractivity contribution in [3.8, 4) is 0 Å². The van der Waals surface area contributed by atoms with Crippen molar-refractivity contribution in [3.63, 3.8) is 0 Å². The van der Waals surface area contributed by atoms with Crippen LogP contribution in [0.2, 0.25) is 15.1 Å². The van der Waals surface area contributed by atoms with E-state index >= 15 is 0 Å². The third-order valence-corrected chi connectivity index (χ3v) is 6.89. The number of carbonyl (C=O) groups is 2. The zero-order valence-electron chi connectivity index (χ0n) is 18.8. The number of nitrogens with zero attached hydrogens (tertiary/aromatic N) is 3. The molecule has 0 aliphatic rings. The van der Waals surface area contributed by atoms with Crippen LogP contribution in [0.1, 0.15) is 43.0 Å². The first kappa shape index (κ1) is 26.3. The molecule has 0 radical (unpaired) electrons. The molecular weight excluding hydrogens is 517 g/mol. The first-order valence-corrected chi connectivity index (χ1v) is 12.7. The van der Waals surface area contributed by atoms with Crippen molar-refractivity contribution >= 4 is 64.1 Å². The van der Waals surface area contributed by atoms with Crippen LogP contribution in [0.4, 0.5) is 5.69 Å². The number of hydrogen-bond acceptors (Lipinski definition) is 5. The second-order valence-electron chi connectivity index (χ2n) is 7.75. The predicted molar refractivity (Wildman–Crippen MR) is 138 cm³/mol. The van der Waals surface area contributed by atoms with Crippen molar-refractivity contribution in [3.05, 3.63) is 68.9 Å². The number of hydrogen-bond donors (Lipinski definition) is 2. The highest BCUT2D eigenvalue weighted by Crippen LogP contribution is 2.27. The predicted octanol–water partition coefficient (Wildman–Crippen LogP) is 6.12. The van der Waals surface area contributed by atoms with Crippen LogP contribution in [-0.2, 0) is 11.3 Å². The van der Waals surface area contributed by atoms with E-state index in [1.807, 2.05) is 25.3 Å². The number of nitrogens with one attached hydrogen (secondary N) is 2. The summed E-state index contributed by atoms with van der Waals surface area (Å²) in [6.07, 6.45) is 0. The molecule has 1 atom stereocenters. The first-order chi connectivity index (χ1) is 16.2. The maximum absolute atomic E-state index is 12.9. The minimum atomic E-state index is -0.397. The summed E-state index contributed by atoms with van der Waals surface area (Å²) in [5, 5.41) is 16.3. The number of benzene rings is 2. The Labute approximate surface area is 217 Å². The Hall–Kier alpha value is -2.26. The van der Waals surface area contributed by atoms with Crippen molar-refractivity contribution in [1.82, 2.24) is 20.1 Å². The fourth-order valence-electron chi connectivity index (χ4n) is 3.19. The van der Waals surface area contributed by atoms with Gasteiger partial charge in [-0.1, -0.05) is 60.4 Å². The van der Waals surface area contributed by atoms with Gasteiger partial charge in [-0.05, 0) is 55.3 Å². The lowest BCUT2D eigenvalue weighted by molar-refractivity contribution is -0.113. The molecule has 7 nitrogen and oxygen atoms in total. The average molecular weight is 541 g/mol. The molecule has 0 unspecified atom stereocenters. The van der Waals surface area contributed by atoms with Gasteiger partial charge in [-0.15, -0.1) is 10.2 Å². The summed E-state index contributed by atoms with van der Waals surface area (Å²) >= 11 is 19.2. The summed E-state index contributed by atoms with van der Waals surface area (Å²) in [5.41, 5.74) is 1.06. The van der Waals surface area contributed by atoms with E-state index in [9.17, 15) is 9.59 Å². The lowest BCUT2D eigenvalue weighted by atomic mass is 10.0. The van der Waals surface area contributed by atoms with Crippen molar-refractivity contribution in [2.45, 2.75) is 38.5 Å². The molecule has 11 heteroatoms. The number of aromatic nitrogens is 3. The second kappa shape index (κ2) is 11.9. The monoisotopic (exact) mass is 539 g/mol. The molecule has 0 saturated carbocycles. The quantitative estimate of drug-likeness (QED) is 0.319. The van der Waals surface area contributed by atoms with E-state index in [1.54, 1.807) is 36.4 Å².